The monoisotopic (exact) mass is 378 g/mol. The molecule has 0 saturated carbocycles. The third kappa shape index (κ3) is 4.18. The number of ether oxygens (including phenoxy) is 2. The first-order chi connectivity index (χ1) is 13.7. The van der Waals surface area contributed by atoms with Gasteiger partial charge >= 0.3 is 0 Å². The van der Waals surface area contributed by atoms with Crippen LogP contribution in [-0.4, -0.2) is 17.5 Å². The smallest absolute Gasteiger partial charge is 0.254 e. The molecule has 5 nitrogen and oxygen atoms in total. The maximum atomic E-state index is 13.2. The molecular formula is C22H19FN2O3. The summed E-state index contributed by atoms with van der Waals surface area (Å²) in [5, 5.41) is 2.89. The Bertz CT molecular complexity index is 976. The normalized spacial score (nSPS) is 15.5. The van der Waals surface area contributed by atoms with Gasteiger partial charge in [0.1, 0.15) is 11.6 Å². The van der Waals surface area contributed by atoms with Gasteiger partial charge in [-0.2, -0.15) is 0 Å². The lowest BCUT2D eigenvalue weighted by Crippen LogP contribution is -2.33. The van der Waals surface area contributed by atoms with Crippen molar-refractivity contribution in [3.05, 3.63) is 89.4 Å². The highest BCUT2D eigenvalue weighted by Gasteiger charge is 2.26. The fourth-order valence-electron chi connectivity index (χ4n) is 3.12. The maximum absolute atomic E-state index is 13.2. The Morgan fingerprint density at radius 2 is 2.07 bits per heavy atom. The van der Waals surface area contributed by atoms with Crippen LogP contribution < -0.4 is 10.1 Å². The van der Waals surface area contributed by atoms with Crippen LogP contribution in [0.1, 0.15) is 22.8 Å². The Balaban J connectivity index is 1.36. The summed E-state index contributed by atoms with van der Waals surface area (Å²) < 4.78 is 24.4. The van der Waals surface area contributed by atoms with Crippen LogP contribution in [0.2, 0.25) is 0 Å². The SMILES string of the molecule is O=C(NCc1ccc(Oc2cccc(F)c2)nc1)[C@H]1OCCc2ccccc21. The molecule has 28 heavy (non-hydrogen) atoms. The number of hydrogen-bond donors (Lipinski definition) is 1. The summed E-state index contributed by atoms with van der Waals surface area (Å²) in [6, 6.07) is 17.2. The molecule has 4 rings (SSSR count). The number of hydrogen-bond acceptors (Lipinski definition) is 4. The first-order valence-electron chi connectivity index (χ1n) is 9.04. The van der Waals surface area contributed by atoms with E-state index in [9.17, 15) is 9.18 Å². The number of benzene rings is 2. The molecule has 0 saturated heterocycles. The molecule has 1 aliphatic heterocycles. The molecule has 142 valence electrons. The van der Waals surface area contributed by atoms with Crippen molar-refractivity contribution in [2.24, 2.45) is 0 Å². The van der Waals surface area contributed by atoms with Gasteiger partial charge in [0.05, 0.1) is 6.61 Å². The number of pyridine rings is 1. The van der Waals surface area contributed by atoms with Crippen molar-refractivity contribution in [3.63, 3.8) is 0 Å². The lowest BCUT2D eigenvalue weighted by Gasteiger charge is -2.25. The summed E-state index contributed by atoms with van der Waals surface area (Å²) in [7, 11) is 0. The Hall–Kier alpha value is -3.25. The number of carbonyl (C=O) groups excluding carboxylic acids is 1. The predicted molar refractivity (Wildman–Crippen MR) is 101 cm³/mol. The topological polar surface area (TPSA) is 60.5 Å². The first kappa shape index (κ1) is 18.1. The highest BCUT2D eigenvalue weighted by Crippen LogP contribution is 2.27. The van der Waals surface area contributed by atoms with Crippen molar-refractivity contribution in [1.29, 1.82) is 0 Å². The Labute approximate surface area is 162 Å². The molecule has 2 aromatic carbocycles. The molecular weight excluding hydrogens is 359 g/mol. The minimum absolute atomic E-state index is 0.174. The van der Waals surface area contributed by atoms with E-state index in [0.717, 1.165) is 23.1 Å². The quantitative estimate of drug-likeness (QED) is 0.731. The van der Waals surface area contributed by atoms with E-state index < -0.39 is 6.10 Å². The minimum Gasteiger partial charge on any atom is -0.439 e. The molecule has 1 N–H and O–H groups in total. The van der Waals surface area contributed by atoms with E-state index in [1.807, 2.05) is 24.3 Å². The van der Waals surface area contributed by atoms with E-state index in [-0.39, 0.29) is 11.7 Å². The molecule has 0 radical (unpaired) electrons. The summed E-state index contributed by atoms with van der Waals surface area (Å²) in [6.45, 7) is 0.858. The lowest BCUT2D eigenvalue weighted by atomic mass is 9.97. The number of amides is 1. The van der Waals surface area contributed by atoms with E-state index in [4.69, 9.17) is 9.47 Å². The van der Waals surface area contributed by atoms with Crippen LogP contribution in [0.4, 0.5) is 4.39 Å². The third-order valence-electron chi connectivity index (χ3n) is 4.51. The molecule has 0 unspecified atom stereocenters. The number of fused-ring (bicyclic) bond motifs is 1. The van der Waals surface area contributed by atoms with Crippen LogP contribution in [0.3, 0.4) is 0 Å². The molecule has 1 aromatic heterocycles. The molecule has 1 amide bonds. The zero-order chi connectivity index (χ0) is 19.3. The van der Waals surface area contributed by atoms with E-state index in [1.165, 1.54) is 12.1 Å². The van der Waals surface area contributed by atoms with E-state index in [1.54, 1.807) is 30.5 Å². The van der Waals surface area contributed by atoms with Gasteiger partial charge < -0.3 is 14.8 Å². The van der Waals surface area contributed by atoms with Crippen LogP contribution in [0, 0.1) is 5.82 Å². The Morgan fingerprint density at radius 1 is 1.18 bits per heavy atom. The first-order valence-corrected chi connectivity index (χ1v) is 9.04. The molecule has 0 bridgehead atoms. The van der Waals surface area contributed by atoms with Gasteiger partial charge in [-0.15, -0.1) is 0 Å². The van der Waals surface area contributed by atoms with Crippen LogP contribution in [0.5, 0.6) is 11.6 Å². The summed E-state index contributed by atoms with van der Waals surface area (Å²) in [5.74, 6) is 0.183. The zero-order valence-electron chi connectivity index (χ0n) is 15.1. The van der Waals surface area contributed by atoms with E-state index in [0.29, 0.717) is 24.8 Å². The maximum Gasteiger partial charge on any atom is 0.254 e. The number of nitrogens with zero attached hydrogens (tertiary/aromatic N) is 1. The highest BCUT2D eigenvalue weighted by molar-refractivity contribution is 5.82. The summed E-state index contributed by atoms with van der Waals surface area (Å²) in [4.78, 5) is 16.8. The summed E-state index contributed by atoms with van der Waals surface area (Å²) >= 11 is 0. The van der Waals surface area contributed by atoms with Gasteiger partial charge in [0, 0.05) is 24.9 Å². The molecule has 1 aliphatic rings. The van der Waals surface area contributed by atoms with E-state index >= 15 is 0 Å². The van der Waals surface area contributed by atoms with Gasteiger partial charge in [-0.05, 0) is 35.2 Å². The van der Waals surface area contributed by atoms with Crippen LogP contribution >= 0.6 is 0 Å². The Morgan fingerprint density at radius 3 is 2.89 bits per heavy atom. The van der Waals surface area contributed by atoms with E-state index in [2.05, 4.69) is 10.3 Å². The molecule has 0 aliphatic carbocycles. The fourth-order valence-corrected chi connectivity index (χ4v) is 3.12. The molecule has 0 spiro atoms. The van der Waals surface area contributed by atoms with Crippen molar-refractivity contribution in [3.8, 4) is 11.6 Å². The molecule has 1 atom stereocenters. The van der Waals surface area contributed by atoms with Gasteiger partial charge in [0.15, 0.2) is 6.10 Å². The number of aromatic nitrogens is 1. The lowest BCUT2D eigenvalue weighted by molar-refractivity contribution is -0.134. The van der Waals surface area contributed by atoms with Gasteiger partial charge in [0.25, 0.3) is 5.91 Å². The van der Waals surface area contributed by atoms with Crippen molar-refractivity contribution in [1.82, 2.24) is 10.3 Å². The predicted octanol–water partition coefficient (Wildman–Crippen LogP) is 3.94. The number of halogens is 1. The second-order valence-electron chi connectivity index (χ2n) is 6.48. The van der Waals surface area contributed by atoms with Crippen molar-refractivity contribution in [2.75, 3.05) is 6.61 Å². The van der Waals surface area contributed by atoms with Crippen LogP contribution in [0.25, 0.3) is 0 Å². The van der Waals surface area contributed by atoms with Crippen LogP contribution in [0.15, 0.2) is 66.9 Å². The Kier molecular flexibility index (Phi) is 5.30. The van der Waals surface area contributed by atoms with Crippen LogP contribution in [-0.2, 0) is 22.5 Å². The van der Waals surface area contributed by atoms with Gasteiger partial charge in [-0.3, -0.25) is 4.79 Å². The fraction of sp³-hybridized carbons (Fsp3) is 0.182. The summed E-state index contributed by atoms with van der Waals surface area (Å²) in [5.41, 5.74) is 2.89. The minimum atomic E-state index is -0.589. The number of rotatable bonds is 5. The molecule has 0 fully saturated rings. The molecule has 6 heteroatoms. The average molecular weight is 378 g/mol. The highest BCUT2D eigenvalue weighted by atomic mass is 19.1. The van der Waals surface area contributed by atoms with Crippen molar-refractivity contribution >= 4 is 5.91 Å². The zero-order valence-corrected chi connectivity index (χ0v) is 15.1. The van der Waals surface area contributed by atoms with Crippen molar-refractivity contribution in [2.45, 2.75) is 19.1 Å². The number of nitrogens with one attached hydrogen (secondary N) is 1. The van der Waals surface area contributed by atoms with Gasteiger partial charge in [0.2, 0.25) is 5.88 Å². The third-order valence-corrected chi connectivity index (χ3v) is 4.51. The van der Waals surface area contributed by atoms with Gasteiger partial charge in [-0.1, -0.05) is 36.4 Å². The number of carbonyl (C=O) groups is 1. The standard InChI is InChI=1S/C22H19FN2O3/c23-17-5-3-6-18(12-17)28-20-9-8-15(13-24-20)14-25-22(26)21-19-7-2-1-4-16(19)10-11-27-21/h1-9,12-13,21H,10-11,14H2,(H,25,26)/t21-/m0/s1. The molecule has 3 aromatic rings. The van der Waals surface area contributed by atoms with Crippen molar-refractivity contribution < 1.29 is 18.7 Å². The summed E-state index contributed by atoms with van der Waals surface area (Å²) in [6.07, 6.45) is 1.84. The molecule has 2 heterocycles. The average Bonchev–Trinajstić information content (AvgIpc) is 2.73. The second-order valence-corrected chi connectivity index (χ2v) is 6.48. The second kappa shape index (κ2) is 8.19. The largest absolute Gasteiger partial charge is 0.439 e. The van der Waals surface area contributed by atoms with Gasteiger partial charge in [-0.25, -0.2) is 9.37 Å².